The molecule has 11 heteroatoms. The first-order chi connectivity index (χ1) is 17.8. The van der Waals surface area contributed by atoms with Gasteiger partial charge in [-0.15, -0.1) is 0 Å². The fourth-order valence-corrected chi connectivity index (χ4v) is 3.69. The number of carboxylic acid groups (broad SMARTS) is 1. The van der Waals surface area contributed by atoms with Crippen LogP contribution in [0.2, 0.25) is 0 Å². The van der Waals surface area contributed by atoms with Crippen molar-refractivity contribution >= 4 is 42.0 Å². The van der Waals surface area contributed by atoms with Gasteiger partial charge in [0.2, 0.25) is 0 Å². The fourth-order valence-electron chi connectivity index (χ4n) is 3.45. The van der Waals surface area contributed by atoms with E-state index in [0.29, 0.717) is 35.5 Å². The minimum absolute atomic E-state index is 0.0289. The molecule has 0 aliphatic rings. The number of hydrazone groups is 1. The molecule has 0 bridgehead atoms. The van der Waals surface area contributed by atoms with Gasteiger partial charge in [-0.1, -0.05) is 25.5 Å². The highest BCUT2D eigenvalue weighted by molar-refractivity contribution is 7.94. The normalized spacial score (nSPS) is 12.5. The van der Waals surface area contributed by atoms with Crippen LogP contribution < -0.4 is 21.4 Å². The van der Waals surface area contributed by atoms with Crippen LogP contribution in [0.15, 0.2) is 58.5 Å². The molecule has 0 aliphatic heterocycles. The number of halogens is 1. The molecule has 0 saturated heterocycles. The van der Waals surface area contributed by atoms with Gasteiger partial charge in [0.25, 0.3) is 5.91 Å². The van der Waals surface area contributed by atoms with Crippen molar-refractivity contribution in [3.05, 3.63) is 59.7 Å². The summed E-state index contributed by atoms with van der Waals surface area (Å²) in [5.74, 6) is -1.33. The molecule has 0 heterocycles. The van der Waals surface area contributed by atoms with Gasteiger partial charge in [0.05, 0.1) is 24.0 Å². The van der Waals surface area contributed by atoms with Crippen LogP contribution in [-0.2, 0) is 4.79 Å². The molecule has 0 fully saturated rings. The third-order valence-electron chi connectivity index (χ3n) is 5.43. The van der Waals surface area contributed by atoms with Gasteiger partial charge in [-0.3, -0.25) is 10.2 Å². The molecule has 0 radical (unpaired) electrons. The lowest BCUT2D eigenvalue weighted by atomic mass is 10.1. The SMILES string of the molecule is CCCC(C)NC(=O)NC(CCCCNC(=O)c1ccc(N/N=C/c2ccc(SF)cc2)cc1)C(=O)O. The first-order valence-corrected chi connectivity index (χ1v) is 12.9. The zero-order chi connectivity index (χ0) is 27.0. The molecule has 3 amide bonds. The topological polar surface area (TPSA) is 132 Å². The Labute approximate surface area is 221 Å². The Morgan fingerprint density at radius 1 is 1.03 bits per heavy atom. The van der Waals surface area contributed by atoms with Crippen LogP contribution in [0.25, 0.3) is 0 Å². The van der Waals surface area contributed by atoms with E-state index in [4.69, 9.17) is 0 Å². The molecule has 0 saturated carbocycles. The summed E-state index contributed by atoms with van der Waals surface area (Å²) in [5.41, 5.74) is 4.87. The van der Waals surface area contributed by atoms with Crippen molar-refractivity contribution in [2.75, 3.05) is 12.0 Å². The molecule has 2 unspecified atom stereocenters. The summed E-state index contributed by atoms with van der Waals surface area (Å²) in [6, 6.07) is 12.1. The molecule has 2 aromatic rings. The number of urea groups is 1. The lowest BCUT2D eigenvalue weighted by Gasteiger charge is -2.18. The Hall–Kier alpha value is -3.60. The number of carbonyl (C=O) groups is 3. The van der Waals surface area contributed by atoms with E-state index in [0.717, 1.165) is 18.4 Å². The highest BCUT2D eigenvalue weighted by atomic mass is 32.2. The Bertz CT molecular complexity index is 1030. The quantitative estimate of drug-likeness (QED) is 0.126. The van der Waals surface area contributed by atoms with Crippen LogP contribution >= 0.6 is 12.1 Å². The lowest BCUT2D eigenvalue weighted by Crippen LogP contribution is -2.48. The van der Waals surface area contributed by atoms with Gasteiger partial charge in [0, 0.05) is 23.0 Å². The van der Waals surface area contributed by atoms with Crippen molar-refractivity contribution in [1.82, 2.24) is 16.0 Å². The lowest BCUT2D eigenvalue weighted by molar-refractivity contribution is -0.139. The van der Waals surface area contributed by atoms with Crippen molar-refractivity contribution in [3.8, 4) is 0 Å². The number of benzene rings is 2. The third-order valence-corrected chi connectivity index (χ3v) is 5.88. The number of hydrogen-bond acceptors (Lipinski definition) is 6. The number of amides is 3. The molecule has 0 aromatic heterocycles. The van der Waals surface area contributed by atoms with E-state index in [1.54, 1.807) is 54.7 Å². The van der Waals surface area contributed by atoms with Gasteiger partial charge >= 0.3 is 12.0 Å². The average Bonchev–Trinajstić information content (AvgIpc) is 2.88. The van der Waals surface area contributed by atoms with Crippen molar-refractivity contribution in [1.29, 1.82) is 0 Å². The number of carboxylic acids is 1. The highest BCUT2D eigenvalue weighted by Crippen LogP contribution is 2.18. The summed E-state index contributed by atoms with van der Waals surface area (Å²) in [5, 5.41) is 21.5. The second kappa shape index (κ2) is 16.2. The van der Waals surface area contributed by atoms with E-state index in [1.807, 2.05) is 13.8 Å². The summed E-state index contributed by atoms with van der Waals surface area (Å²) in [4.78, 5) is 36.3. The largest absolute Gasteiger partial charge is 0.480 e. The molecular weight excluding hydrogens is 497 g/mol. The van der Waals surface area contributed by atoms with Gasteiger partial charge in [-0.25, -0.2) is 9.59 Å². The zero-order valence-corrected chi connectivity index (χ0v) is 21.8. The minimum Gasteiger partial charge on any atom is -0.480 e. The zero-order valence-electron chi connectivity index (χ0n) is 21.0. The molecule has 2 aromatic carbocycles. The number of rotatable bonds is 15. The van der Waals surface area contributed by atoms with Crippen LogP contribution in [0.5, 0.6) is 0 Å². The van der Waals surface area contributed by atoms with Crippen LogP contribution in [0.3, 0.4) is 0 Å². The van der Waals surface area contributed by atoms with Gasteiger partial charge in [0.1, 0.15) is 6.04 Å². The summed E-state index contributed by atoms with van der Waals surface area (Å²) < 4.78 is 12.5. The van der Waals surface area contributed by atoms with Crippen LogP contribution in [0, 0.1) is 0 Å². The number of anilines is 1. The molecule has 2 atom stereocenters. The first kappa shape index (κ1) is 29.6. The second-order valence-electron chi connectivity index (χ2n) is 8.54. The number of aliphatic carboxylic acids is 1. The number of hydrogen-bond donors (Lipinski definition) is 5. The molecule has 9 nitrogen and oxygen atoms in total. The van der Waals surface area contributed by atoms with E-state index in [9.17, 15) is 23.4 Å². The van der Waals surface area contributed by atoms with Crippen molar-refractivity contribution in [2.24, 2.45) is 5.10 Å². The number of nitrogens with zero attached hydrogens (tertiary/aromatic N) is 1. The summed E-state index contributed by atoms with van der Waals surface area (Å²) in [6.07, 6.45) is 4.71. The Morgan fingerprint density at radius 2 is 1.73 bits per heavy atom. The standard InChI is InChI=1S/C26H34FN5O4S/c1-3-6-18(2)30-26(36)31-23(25(34)35)7-4-5-16-28-24(33)20-10-12-21(13-11-20)32-29-17-19-8-14-22(37-27)15-9-19/h8-15,17-18,23,32H,3-7,16H2,1-2H3,(H,28,33)(H,34,35)(H2,30,31,36)/b29-17+. The number of unbranched alkanes of at least 4 members (excludes halogenated alkanes) is 1. The maximum atomic E-state index is 12.5. The van der Waals surface area contributed by atoms with E-state index >= 15 is 0 Å². The summed E-state index contributed by atoms with van der Waals surface area (Å²) in [7, 11) is 0. The third kappa shape index (κ3) is 11.3. The Morgan fingerprint density at radius 3 is 2.35 bits per heavy atom. The highest BCUT2D eigenvalue weighted by Gasteiger charge is 2.20. The fraction of sp³-hybridized carbons (Fsp3) is 0.385. The second-order valence-corrected chi connectivity index (χ2v) is 9.17. The van der Waals surface area contributed by atoms with Gasteiger partial charge in [-0.2, -0.15) is 8.99 Å². The first-order valence-electron chi connectivity index (χ1n) is 12.2. The molecule has 0 aliphatic carbocycles. The van der Waals surface area contributed by atoms with Crippen LogP contribution in [0.4, 0.5) is 14.4 Å². The number of nitrogens with one attached hydrogen (secondary N) is 4. The number of carbonyl (C=O) groups excluding carboxylic acids is 2. The van der Waals surface area contributed by atoms with Crippen LogP contribution in [0.1, 0.15) is 61.9 Å². The Kier molecular flexibility index (Phi) is 13.0. The monoisotopic (exact) mass is 531 g/mol. The van der Waals surface area contributed by atoms with Gasteiger partial charge in [-0.05, 0) is 74.6 Å². The average molecular weight is 532 g/mol. The molecule has 2 rings (SSSR count). The molecule has 200 valence electrons. The smallest absolute Gasteiger partial charge is 0.326 e. The summed E-state index contributed by atoms with van der Waals surface area (Å²) >= 11 is 0.185. The van der Waals surface area contributed by atoms with E-state index in [2.05, 4.69) is 26.5 Å². The van der Waals surface area contributed by atoms with Crippen molar-refractivity contribution < 1.29 is 23.4 Å². The minimum atomic E-state index is -1.09. The van der Waals surface area contributed by atoms with Gasteiger partial charge < -0.3 is 21.1 Å². The van der Waals surface area contributed by atoms with E-state index in [-0.39, 0.29) is 30.5 Å². The van der Waals surface area contributed by atoms with Crippen molar-refractivity contribution in [2.45, 2.75) is 62.9 Å². The van der Waals surface area contributed by atoms with Crippen LogP contribution in [-0.4, -0.2) is 47.9 Å². The predicted molar refractivity (Wildman–Crippen MR) is 145 cm³/mol. The molecular formula is C26H34FN5O4S. The molecule has 0 spiro atoms. The van der Waals surface area contributed by atoms with Crippen molar-refractivity contribution in [3.63, 3.8) is 0 Å². The maximum absolute atomic E-state index is 12.5. The van der Waals surface area contributed by atoms with E-state index in [1.165, 1.54) is 0 Å². The predicted octanol–water partition coefficient (Wildman–Crippen LogP) is 4.95. The Balaban J connectivity index is 1.70. The molecule has 37 heavy (non-hydrogen) atoms. The summed E-state index contributed by atoms with van der Waals surface area (Å²) in [6.45, 7) is 4.27. The molecule has 5 N–H and O–H groups in total. The van der Waals surface area contributed by atoms with E-state index < -0.39 is 18.0 Å². The maximum Gasteiger partial charge on any atom is 0.326 e. The van der Waals surface area contributed by atoms with Gasteiger partial charge in [0.15, 0.2) is 0 Å².